The molecule has 0 fully saturated rings. The number of carbonyl (C=O) groups is 1. The van der Waals surface area contributed by atoms with Crippen LogP contribution in [0.25, 0.3) is 0 Å². The topological polar surface area (TPSA) is 78.8 Å². The van der Waals surface area contributed by atoms with Crippen LogP contribution in [-0.2, 0) is 14.8 Å². The number of nitrogens with zero attached hydrogens (tertiary/aromatic N) is 2. The highest BCUT2D eigenvalue weighted by Gasteiger charge is 2.28. The number of halogens is 3. The number of hydrogen-bond donors (Lipinski definition) is 1. The number of hydrazone groups is 1. The fourth-order valence-electron chi connectivity index (χ4n) is 2.73. The normalized spacial score (nSPS) is 11.5. The minimum Gasteiger partial charge on any atom is -0.271 e. The first-order valence-electron chi connectivity index (χ1n) is 9.29. The number of nitrogens with one attached hydrogen (secondary N) is 1. The summed E-state index contributed by atoms with van der Waals surface area (Å²) in [6, 6.07) is 17.6. The summed E-state index contributed by atoms with van der Waals surface area (Å²) in [6.45, 7) is 1.32. The van der Waals surface area contributed by atoms with Gasteiger partial charge in [0.2, 0.25) is 0 Å². The van der Waals surface area contributed by atoms with E-state index in [2.05, 4.69) is 10.5 Å². The molecule has 32 heavy (non-hydrogen) atoms. The maximum Gasteiger partial charge on any atom is 0.264 e. The molecule has 0 aromatic heterocycles. The summed E-state index contributed by atoms with van der Waals surface area (Å²) in [6.07, 6.45) is 1.37. The number of carbonyl (C=O) groups excluding carboxylic acids is 1. The van der Waals surface area contributed by atoms with E-state index >= 15 is 0 Å². The lowest BCUT2D eigenvalue weighted by atomic mass is 10.2. The van der Waals surface area contributed by atoms with E-state index in [1.54, 1.807) is 48.5 Å². The molecule has 0 aliphatic heterocycles. The number of hydrogen-bond acceptors (Lipinski definition) is 4. The zero-order valence-corrected chi connectivity index (χ0v) is 19.9. The van der Waals surface area contributed by atoms with Crippen LogP contribution in [0.5, 0.6) is 0 Å². The van der Waals surface area contributed by atoms with Crippen LogP contribution in [0.3, 0.4) is 0 Å². The maximum absolute atomic E-state index is 13.3. The Morgan fingerprint density at radius 3 is 2.31 bits per heavy atom. The minimum atomic E-state index is -4.07. The van der Waals surface area contributed by atoms with Crippen LogP contribution in [0, 0.1) is 6.92 Å². The number of rotatable bonds is 7. The molecule has 10 heteroatoms. The van der Waals surface area contributed by atoms with Crippen LogP contribution in [0.4, 0.5) is 5.69 Å². The molecular weight excluding hydrogens is 493 g/mol. The largest absolute Gasteiger partial charge is 0.271 e. The molecule has 0 spiro atoms. The third kappa shape index (κ3) is 5.81. The van der Waals surface area contributed by atoms with Crippen molar-refractivity contribution in [1.29, 1.82) is 0 Å². The van der Waals surface area contributed by atoms with Gasteiger partial charge in [-0.3, -0.25) is 9.10 Å². The van der Waals surface area contributed by atoms with E-state index in [0.29, 0.717) is 15.6 Å². The predicted octanol–water partition coefficient (Wildman–Crippen LogP) is 5.30. The van der Waals surface area contributed by atoms with E-state index in [-0.39, 0.29) is 15.6 Å². The second-order valence-electron chi connectivity index (χ2n) is 6.74. The molecule has 0 saturated heterocycles. The first-order valence-corrected chi connectivity index (χ1v) is 11.9. The van der Waals surface area contributed by atoms with Gasteiger partial charge in [0, 0.05) is 0 Å². The van der Waals surface area contributed by atoms with E-state index < -0.39 is 22.5 Å². The summed E-state index contributed by atoms with van der Waals surface area (Å²) < 4.78 is 27.6. The van der Waals surface area contributed by atoms with E-state index in [9.17, 15) is 13.2 Å². The lowest BCUT2D eigenvalue weighted by Crippen LogP contribution is -2.39. The number of anilines is 1. The first kappa shape index (κ1) is 24.1. The van der Waals surface area contributed by atoms with Crippen LogP contribution in [0.15, 0.2) is 76.7 Å². The summed E-state index contributed by atoms with van der Waals surface area (Å²) in [5.41, 5.74) is 4.01. The zero-order valence-electron chi connectivity index (χ0n) is 16.8. The third-order valence-corrected chi connectivity index (χ3v) is 7.20. The van der Waals surface area contributed by atoms with Crippen molar-refractivity contribution in [1.82, 2.24) is 5.43 Å². The van der Waals surface area contributed by atoms with Crippen molar-refractivity contribution in [3.8, 4) is 0 Å². The molecule has 0 aliphatic rings. The first-order chi connectivity index (χ1) is 15.2. The minimum absolute atomic E-state index is 0.0372. The number of aryl methyl sites for hydroxylation is 1. The molecule has 1 amide bonds. The monoisotopic (exact) mass is 509 g/mol. The van der Waals surface area contributed by atoms with Crippen molar-refractivity contribution < 1.29 is 13.2 Å². The van der Waals surface area contributed by atoms with Crippen molar-refractivity contribution in [3.05, 3.63) is 92.9 Å². The summed E-state index contributed by atoms with van der Waals surface area (Å²) in [7, 11) is -4.07. The highest BCUT2D eigenvalue weighted by atomic mass is 35.5. The van der Waals surface area contributed by atoms with Gasteiger partial charge in [-0.05, 0) is 48.9 Å². The Hall–Kier alpha value is -2.58. The number of para-hydroxylation sites is 1. The van der Waals surface area contributed by atoms with Crippen LogP contribution >= 0.6 is 34.8 Å². The van der Waals surface area contributed by atoms with Gasteiger partial charge in [-0.1, -0.05) is 70.7 Å². The van der Waals surface area contributed by atoms with Crippen LogP contribution in [0.1, 0.15) is 11.1 Å². The molecular formula is C22H18Cl3N3O3S. The van der Waals surface area contributed by atoms with Crippen molar-refractivity contribution >= 4 is 62.6 Å². The molecule has 0 aliphatic carbocycles. The SMILES string of the molecule is Cc1ccc(S(=O)(=O)N(CC(=O)N/N=C\c2ccc(Cl)c(Cl)c2)c2ccccc2Cl)cc1. The van der Waals surface area contributed by atoms with Crippen molar-refractivity contribution in [2.24, 2.45) is 5.10 Å². The van der Waals surface area contributed by atoms with Gasteiger partial charge >= 0.3 is 0 Å². The van der Waals surface area contributed by atoms with Gasteiger partial charge in [-0.25, -0.2) is 13.8 Å². The number of sulfonamides is 1. The maximum atomic E-state index is 13.3. The van der Waals surface area contributed by atoms with Gasteiger partial charge in [-0.15, -0.1) is 0 Å². The Kier molecular flexibility index (Phi) is 7.79. The molecule has 0 atom stereocenters. The second-order valence-corrected chi connectivity index (χ2v) is 9.83. The predicted molar refractivity (Wildman–Crippen MR) is 129 cm³/mol. The zero-order chi connectivity index (χ0) is 23.3. The molecule has 0 unspecified atom stereocenters. The van der Waals surface area contributed by atoms with Gasteiger partial charge < -0.3 is 0 Å². The Morgan fingerprint density at radius 1 is 0.969 bits per heavy atom. The summed E-state index contributed by atoms with van der Waals surface area (Å²) in [4.78, 5) is 12.6. The molecule has 3 rings (SSSR count). The Balaban J connectivity index is 1.85. The molecule has 3 aromatic rings. The van der Waals surface area contributed by atoms with E-state index in [4.69, 9.17) is 34.8 Å². The lowest BCUT2D eigenvalue weighted by Gasteiger charge is -2.24. The van der Waals surface area contributed by atoms with E-state index in [0.717, 1.165) is 9.87 Å². The molecule has 0 bridgehead atoms. The molecule has 6 nitrogen and oxygen atoms in total. The van der Waals surface area contributed by atoms with Crippen LogP contribution in [-0.4, -0.2) is 27.1 Å². The van der Waals surface area contributed by atoms with Crippen LogP contribution in [0.2, 0.25) is 15.1 Å². The van der Waals surface area contributed by atoms with Crippen molar-refractivity contribution in [3.63, 3.8) is 0 Å². The molecule has 3 aromatic carbocycles. The third-order valence-electron chi connectivity index (χ3n) is 4.36. The average Bonchev–Trinajstić information content (AvgIpc) is 2.75. The fourth-order valence-corrected chi connectivity index (χ4v) is 4.76. The smallest absolute Gasteiger partial charge is 0.264 e. The van der Waals surface area contributed by atoms with Gasteiger partial charge in [0.25, 0.3) is 15.9 Å². The summed E-state index contributed by atoms with van der Waals surface area (Å²) >= 11 is 18.1. The lowest BCUT2D eigenvalue weighted by molar-refractivity contribution is -0.119. The average molecular weight is 511 g/mol. The summed E-state index contributed by atoms with van der Waals surface area (Å²) in [5, 5.41) is 4.79. The molecule has 0 saturated carbocycles. The quantitative estimate of drug-likeness (QED) is 0.346. The second kappa shape index (κ2) is 10.4. The van der Waals surface area contributed by atoms with E-state index in [1.807, 2.05) is 6.92 Å². The highest BCUT2D eigenvalue weighted by molar-refractivity contribution is 7.92. The standard InChI is InChI=1S/C22H18Cl3N3O3S/c1-15-6-9-17(10-7-15)32(30,31)28(21-5-3-2-4-19(21)24)14-22(29)27-26-13-16-8-11-18(23)20(25)12-16/h2-13H,14H2,1H3,(H,27,29)/b26-13-. The number of amides is 1. The number of benzene rings is 3. The molecule has 0 radical (unpaired) electrons. The fraction of sp³-hybridized carbons (Fsp3) is 0.0909. The molecule has 166 valence electrons. The Labute approximate surface area is 201 Å². The van der Waals surface area contributed by atoms with Crippen molar-refractivity contribution in [2.75, 3.05) is 10.8 Å². The van der Waals surface area contributed by atoms with Gasteiger partial charge in [0.15, 0.2) is 0 Å². The molecule has 0 heterocycles. The highest BCUT2D eigenvalue weighted by Crippen LogP contribution is 2.30. The van der Waals surface area contributed by atoms with Gasteiger partial charge in [-0.2, -0.15) is 5.10 Å². The van der Waals surface area contributed by atoms with Gasteiger partial charge in [0.1, 0.15) is 6.54 Å². The van der Waals surface area contributed by atoms with Gasteiger partial charge in [0.05, 0.1) is 31.9 Å². The Bertz CT molecular complexity index is 1260. The van der Waals surface area contributed by atoms with Crippen LogP contribution < -0.4 is 9.73 Å². The molecule has 1 N–H and O–H groups in total. The summed E-state index contributed by atoms with van der Waals surface area (Å²) in [5.74, 6) is -0.656. The Morgan fingerprint density at radius 2 is 1.66 bits per heavy atom. The van der Waals surface area contributed by atoms with E-state index in [1.165, 1.54) is 24.4 Å². The van der Waals surface area contributed by atoms with Crippen molar-refractivity contribution in [2.45, 2.75) is 11.8 Å².